The first-order valence-electron chi connectivity index (χ1n) is 9.40. The Morgan fingerprint density at radius 2 is 2.22 bits per heavy atom. The number of anilines is 2. The summed E-state index contributed by atoms with van der Waals surface area (Å²) in [4.78, 5) is 18.9. The second-order valence-corrected chi connectivity index (χ2v) is 7.83. The van der Waals surface area contributed by atoms with Gasteiger partial charge in [-0.05, 0) is 49.4 Å². The van der Waals surface area contributed by atoms with Gasteiger partial charge in [0.25, 0.3) is 5.91 Å². The van der Waals surface area contributed by atoms with Gasteiger partial charge >= 0.3 is 0 Å². The van der Waals surface area contributed by atoms with Gasteiger partial charge in [-0.2, -0.15) is 0 Å². The molecule has 2 aromatic heterocycles. The minimum absolute atomic E-state index is 0.207. The number of ether oxygens (including phenoxy) is 1. The second kappa shape index (κ2) is 7.56. The topological polar surface area (TPSA) is 77.2 Å². The number of nitrogens with two attached hydrogens (primary N) is 1. The molecular formula is C21H23N3O2S. The lowest BCUT2D eigenvalue weighted by Gasteiger charge is -2.08. The zero-order valence-electron chi connectivity index (χ0n) is 15.4. The van der Waals surface area contributed by atoms with Crippen LogP contribution in [-0.4, -0.2) is 17.5 Å². The molecule has 1 aliphatic carbocycles. The number of nitrogens with zero attached hydrogens (tertiary/aromatic N) is 1. The van der Waals surface area contributed by atoms with Gasteiger partial charge in [0.05, 0.1) is 12.3 Å². The Morgan fingerprint density at radius 3 is 3.07 bits per heavy atom. The van der Waals surface area contributed by atoms with Gasteiger partial charge in [-0.3, -0.25) is 4.79 Å². The average Bonchev–Trinajstić information content (AvgIpc) is 3.25. The summed E-state index contributed by atoms with van der Waals surface area (Å²) in [5.41, 5.74) is 9.90. The largest absolute Gasteiger partial charge is 0.494 e. The molecule has 1 aromatic carbocycles. The molecule has 0 spiro atoms. The van der Waals surface area contributed by atoms with E-state index in [2.05, 4.69) is 18.3 Å². The van der Waals surface area contributed by atoms with E-state index in [4.69, 9.17) is 15.5 Å². The van der Waals surface area contributed by atoms with E-state index in [9.17, 15) is 4.79 Å². The van der Waals surface area contributed by atoms with Crippen LogP contribution in [0.4, 0.5) is 11.4 Å². The summed E-state index contributed by atoms with van der Waals surface area (Å²) >= 11 is 1.36. The van der Waals surface area contributed by atoms with Crippen molar-refractivity contribution in [2.45, 2.75) is 39.0 Å². The molecule has 0 saturated carbocycles. The van der Waals surface area contributed by atoms with E-state index in [0.29, 0.717) is 22.9 Å². The molecule has 5 nitrogen and oxygen atoms in total. The minimum atomic E-state index is -0.207. The predicted molar refractivity (Wildman–Crippen MR) is 111 cm³/mol. The third-order valence-electron chi connectivity index (χ3n) is 4.81. The van der Waals surface area contributed by atoms with E-state index < -0.39 is 0 Å². The van der Waals surface area contributed by atoms with Crippen molar-refractivity contribution >= 4 is 38.8 Å². The molecule has 140 valence electrons. The highest BCUT2D eigenvalue weighted by Crippen LogP contribution is 2.36. The number of carbonyl (C=O) groups is 1. The number of benzene rings is 1. The van der Waals surface area contributed by atoms with Crippen molar-refractivity contribution < 1.29 is 9.53 Å². The van der Waals surface area contributed by atoms with Gasteiger partial charge < -0.3 is 15.8 Å². The van der Waals surface area contributed by atoms with Crippen LogP contribution in [0.5, 0.6) is 5.75 Å². The third-order valence-corrected chi connectivity index (χ3v) is 5.93. The number of thiophene rings is 1. The smallest absolute Gasteiger partial charge is 0.267 e. The molecule has 27 heavy (non-hydrogen) atoms. The lowest BCUT2D eigenvalue weighted by atomic mass is 10.1. The van der Waals surface area contributed by atoms with Crippen molar-refractivity contribution in [1.82, 2.24) is 4.98 Å². The average molecular weight is 382 g/mol. The first kappa shape index (κ1) is 17.8. The van der Waals surface area contributed by atoms with Crippen LogP contribution in [0.3, 0.4) is 0 Å². The zero-order valence-corrected chi connectivity index (χ0v) is 16.2. The molecule has 0 atom stereocenters. The maximum absolute atomic E-state index is 12.8. The minimum Gasteiger partial charge on any atom is -0.494 e. The molecule has 0 bridgehead atoms. The Morgan fingerprint density at radius 1 is 1.33 bits per heavy atom. The van der Waals surface area contributed by atoms with E-state index in [-0.39, 0.29) is 5.91 Å². The van der Waals surface area contributed by atoms with Crippen LogP contribution in [0.25, 0.3) is 10.2 Å². The molecule has 0 radical (unpaired) electrons. The number of hydrogen-bond donors (Lipinski definition) is 2. The molecule has 3 aromatic rings. The van der Waals surface area contributed by atoms with E-state index >= 15 is 0 Å². The molecule has 1 amide bonds. The molecule has 3 N–H and O–H groups in total. The van der Waals surface area contributed by atoms with Gasteiger partial charge in [-0.15, -0.1) is 11.3 Å². The number of rotatable bonds is 6. The molecule has 1 aliphatic rings. The molecular weight excluding hydrogens is 358 g/mol. The van der Waals surface area contributed by atoms with Crippen molar-refractivity contribution in [2.24, 2.45) is 0 Å². The van der Waals surface area contributed by atoms with Gasteiger partial charge in [0.1, 0.15) is 15.5 Å². The SMILES string of the molecule is CCCCOc1cccc(NC(=O)c2sc3nc4c(cc3c2N)CCC4)c1. The number of fused-ring (bicyclic) bond motifs is 2. The number of pyridine rings is 1. The molecule has 4 rings (SSSR count). The molecule has 0 saturated heterocycles. The summed E-state index contributed by atoms with van der Waals surface area (Å²) in [5.74, 6) is 0.546. The summed E-state index contributed by atoms with van der Waals surface area (Å²) in [5, 5.41) is 3.82. The Balaban J connectivity index is 1.55. The summed E-state index contributed by atoms with van der Waals surface area (Å²) in [6, 6.07) is 9.56. The lowest BCUT2D eigenvalue weighted by Crippen LogP contribution is -2.12. The van der Waals surface area contributed by atoms with Crippen molar-refractivity contribution in [3.63, 3.8) is 0 Å². The Kier molecular flexibility index (Phi) is 4.99. The molecule has 0 fully saturated rings. The second-order valence-electron chi connectivity index (χ2n) is 6.83. The van der Waals surface area contributed by atoms with Crippen molar-refractivity contribution in [3.8, 4) is 5.75 Å². The van der Waals surface area contributed by atoms with E-state index in [1.165, 1.54) is 16.9 Å². The fraction of sp³-hybridized carbons (Fsp3) is 0.333. The monoisotopic (exact) mass is 381 g/mol. The van der Waals surface area contributed by atoms with E-state index in [1.54, 1.807) is 0 Å². The molecule has 2 heterocycles. The van der Waals surface area contributed by atoms with Crippen LogP contribution in [0.1, 0.15) is 47.1 Å². The van der Waals surface area contributed by atoms with Gasteiger partial charge in [0, 0.05) is 22.8 Å². The van der Waals surface area contributed by atoms with Crippen molar-refractivity contribution in [2.75, 3.05) is 17.7 Å². The highest BCUT2D eigenvalue weighted by Gasteiger charge is 2.21. The Labute approximate surface area is 162 Å². The number of aromatic nitrogens is 1. The number of nitrogens with one attached hydrogen (secondary N) is 1. The number of hydrogen-bond acceptors (Lipinski definition) is 5. The van der Waals surface area contributed by atoms with Crippen LogP contribution < -0.4 is 15.8 Å². The molecule has 0 unspecified atom stereocenters. The van der Waals surface area contributed by atoms with E-state index in [1.807, 2.05) is 24.3 Å². The number of unbranched alkanes of at least 4 members (excludes halogenated alkanes) is 1. The quantitative estimate of drug-likeness (QED) is 0.601. The fourth-order valence-electron chi connectivity index (χ4n) is 3.35. The van der Waals surface area contributed by atoms with Crippen molar-refractivity contribution in [3.05, 3.63) is 46.5 Å². The van der Waals surface area contributed by atoms with Crippen LogP contribution in [0.2, 0.25) is 0 Å². The van der Waals surface area contributed by atoms with Crippen LogP contribution in [0.15, 0.2) is 30.3 Å². The summed E-state index contributed by atoms with van der Waals surface area (Å²) < 4.78 is 5.71. The third kappa shape index (κ3) is 3.62. The highest BCUT2D eigenvalue weighted by molar-refractivity contribution is 7.21. The summed E-state index contributed by atoms with van der Waals surface area (Å²) in [6.07, 6.45) is 5.28. The normalized spacial score (nSPS) is 12.9. The van der Waals surface area contributed by atoms with Crippen LogP contribution in [-0.2, 0) is 12.8 Å². The Hall–Kier alpha value is -2.60. The van der Waals surface area contributed by atoms with Crippen molar-refractivity contribution in [1.29, 1.82) is 0 Å². The fourth-order valence-corrected chi connectivity index (χ4v) is 4.34. The maximum Gasteiger partial charge on any atom is 0.267 e. The van der Waals surface area contributed by atoms with Gasteiger partial charge in [0.15, 0.2) is 0 Å². The predicted octanol–water partition coefficient (Wildman–Crippen LogP) is 4.80. The van der Waals surface area contributed by atoms with Crippen LogP contribution >= 0.6 is 11.3 Å². The van der Waals surface area contributed by atoms with Crippen LogP contribution in [0, 0.1) is 0 Å². The maximum atomic E-state index is 12.8. The first-order chi connectivity index (χ1) is 13.2. The standard InChI is InChI=1S/C21H23N3O2S/c1-2-3-10-26-15-8-5-7-14(12-15)23-20(25)19-18(22)16-11-13-6-4-9-17(13)24-21(16)27-19/h5,7-8,11-12H,2-4,6,9-10,22H2,1H3,(H,23,25). The van der Waals surface area contributed by atoms with Gasteiger partial charge in [0.2, 0.25) is 0 Å². The summed E-state index contributed by atoms with van der Waals surface area (Å²) in [6.45, 7) is 2.80. The number of aryl methyl sites for hydroxylation is 2. The summed E-state index contributed by atoms with van der Waals surface area (Å²) in [7, 11) is 0. The number of nitrogen functional groups attached to an aromatic ring is 1. The highest BCUT2D eigenvalue weighted by atomic mass is 32.1. The zero-order chi connectivity index (χ0) is 18.8. The number of amides is 1. The van der Waals surface area contributed by atoms with Gasteiger partial charge in [-0.1, -0.05) is 19.4 Å². The lowest BCUT2D eigenvalue weighted by molar-refractivity contribution is 0.103. The number of carbonyl (C=O) groups excluding carboxylic acids is 1. The van der Waals surface area contributed by atoms with Gasteiger partial charge in [-0.25, -0.2) is 4.98 Å². The molecule has 0 aliphatic heterocycles. The first-order valence-corrected chi connectivity index (χ1v) is 10.2. The van der Waals surface area contributed by atoms with E-state index in [0.717, 1.165) is 53.8 Å². The Bertz CT molecular complexity index is 997. The molecule has 6 heteroatoms.